The van der Waals surface area contributed by atoms with Gasteiger partial charge in [-0.15, -0.1) is 0 Å². The molecule has 0 aromatic rings. The summed E-state index contributed by atoms with van der Waals surface area (Å²) in [7, 11) is 1.45. The van der Waals surface area contributed by atoms with E-state index in [-0.39, 0.29) is 18.1 Å². The summed E-state index contributed by atoms with van der Waals surface area (Å²) in [6.45, 7) is 6.86. The van der Waals surface area contributed by atoms with E-state index in [4.69, 9.17) is 9.47 Å². The first-order valence-electron chi connectivity index (χ1n) is 6.51. The summed E-state index contributed by atoms with van der Waals surface area (Å²) in [5.41, 5.74) is -0.555. The Morgan fingerprint density at radius 2 is 2.29 bits per heavy atom. The van der Waals surface area contributed by atoms with Gasteiger partial charge in [0, 0.05) is 19.1 Å². The van der Waals surface area contributed by atoms with E-state index in [0.29, 0.717) is 19.4 Å². The van der Waals surface area contributed by atoms with E-state index in [2.05, 4.69) is 26.1 Å². The summed E-state index contributed by atoms with van der Waals surface area (Å²) in [4.78, 5) is 12.0. The normalized spacial score (nSPS) is 29.4. The smallest absolute Gasteiger partial charge is 0.326 e. The molecule has 0 aromatic carbocycles. The van der Waals surface area contributed by atoms with Crippen LogP contribution in [0.1, 0.15) is 46.5 Å². The van der Waals surface area contributed by atoms with Crippen LogP contribution in [0.15, 0.2) is 0 Å². The van der Waals surface area contributed by atoms with Crippen molar-refractivity contribution < 1.29 is 14.3 Å². The number of hydrogen-bond acceptors (Lipinski definition) is 4. The van der Waals surface area contributed by atoms with Crippen molar-refractivity contribution in [3.63, 3.8) is 0 Å². The zero-order valence-corrected chi connectivity index (χ0v) is 11.4. The molecular formula is C13H25NO3. The number of methoxy groups -OCH3 is 1. The molecule has 4 nitrogen and oxygen atoms in total. The first kappa shape index (κ1) is 14.5. The van der Waals surface area contributed by atoms with E-state index >= 15 is 0 Å². The maximum atomic E-state index is 12.0. The predicted molar refractivity (Wildman–Crippen MR) is 66.9 cm³/mol. The highest BCUT2D eigenvalue weighted by atomic mass is 16.5. The minimum Gasteiger partial charge on any atom is -0.468 e. The van der Waals surface area contributed by atoms with Gasteiger partial charge in [0.1, 0.15) is 5.54 Å². The molecule has 0 aromatic heterocycles. The topological polar surface area (TPSA) is 47.6 Å². The number of ether oxygens (including phenoxy) is 2. The molecule has 1 aliphatic heterocycles. The SMILES string of the molecule is CCCC1CC(NC(C)C)(C(=O)OC)CCO1. The quantitative estimate of drug-likeness (QED) is 0.749. The number of carbonyl (C=O) groups excluding carboxylic acids is 1. The highest BCUT2D eigenvalue weighted by Gasteiger charge is 2.44. The van der Waals surface area contributed by atoms with E-state index in [9.17, 15) is 4.79 Å². The van der Waals surface area contributed by atoms with E-state index in [1.165, 1.54) is 7.11 Å². The van der Waals surface area contributed by atoms with Gasteiger partial charge < -0.3 is 9.47 Å². The van der Waals surface area contributed by atoms with Crippen molar-refractivity contribution in [1.82, 2.24) is 5.32 Å². The van der Waals surface area contributed by atoms with Crippen molar-refractivity contribution in [3.8, 4) is 0 Å². The summed E-state index contributed by atoms with van der Waals surface area (Å²) >= 11 is 0. The molecular weight excluding hydrogens is 218 g/mol. The lowest BCUT2D eigenvalue weighted by Crippen LogP contribution is -2.59. The van der Waals surface area contributed by atoms with Gasteiger partial charge in [0.25, 0.3) is 0 Å². The first-order chi connectivity index (χ1) is 8.04. The third-order valence-corrected chi connectivity index (χ3v) is 3.21. The monoisotopic (exact) mass is 243 g/mol. The Balaban J connectivity index is 2.78. The highest BCUT2D eigenvalue weighted by molar-refractivity contribution is 5.81. The lowest BCUT2D eigenvalue weighted by atomic mass is 9.84. The van der Waals surface area contributed by atoms with Crippen LogP contribution in [0.3, 0.4) is 0 Å². The summed E-state index contributed by atoms with van der Waals surface area (Å²) < 4.78 is 10.7. The van der Waals surface area contributed by atoms with Gasteiger partial charge in [-0.3, -0.25) is 10.1 Å². The van der Waals surface area contributed by atoms with Crippen molar-refractivity contribution in [1.29, 1.82) is 0 Å². The molecule has 2 atom stereocenters. The lowest BCUT2D eigenvalue weighted by molar-refractivity contribution is -0.156. The highest BCUT2D eigenvalue weighted by Crippen LogP contribution is 2.29. The molecule has 100 valence electrons. The van der Waals surface area contributed by atoms with Gasteiger partial charge in [-0.2, -0.15) is 0 Å². The van der Waals surface area contributed by atoms with Crippen molar-refractivity contribution in [2.75, 3.05) is 13.7 Å². The second-order valence-corrected chi connectivity index (χ2v) is 5.11. The van der Waals surface area contributed by atoms with Crippen molar-refractivity contribution in [2.24, 2.45) is 0 Å². The summed E-state index contributed by atoms with van der Waals surface area (Å²) in [5.74, 6) is -0.157. The molecule has 0 aliphatic carbocycles. The van der Waals surface area contributed by atoms with Crippen LogP contribution in [-0.2, 0) is 14.3 Å². The van der Waals surface area contributed by atoms with E-state index < -0.39 is 5.54 Å². The molecule has 17 heavy (non-hydrogen) atoms. The fraction of sp³-hybridized carbons (Fsp3) is 0.923. The van der Waals surface area contributed by atoms with Crippen molar-refractivity contribution in [3.05, 3.63) is 0 Å². The second-order valence-electron chi connectivity index (χ2n) is 5.11. The van der Waals surface area contributed by atoms with Gasteiger partial charge in [0.2, 0.25) is 0 Å². The molecule has 0 bridgehead atoms. The standard InChI is InChI=1S/C13H25NO3/c1-5-6-11-9-13(7-8-17-11,12(15)16-4)14-10(2)3/h10-11,14H,5-9H2,1-4H3. The van der Waals surface area contributed by atoms with Crippen LogP contribution in [0.2, 0.25) is 0 Å². The molecule has 1 N–H and O–H groups in total. The van der Waals surface area contributed by atoms with Crippen LogP contribution in [0.4, 0.5) is 0 Å². The maximum Gasteiger partial charge on any atom is 0.326 e. The van der Waals surface area contributed by atoms with Crippen LogP contribution in [-0.4, -0.2) is 37.4 Å². The number of carbonyl (C=O) groups is 1. The fourth-order valence-corrected chi connectivity index (χ4v) is 2.58. The zero-order valence-electron chi connectivity index (χ0n) is 11.4. The van der Waals surface area contributed by atoms with Crippen molar-refractivity contribution >= 4 is 5.97 Å². The second kappa shape index (κ2) is 6.36. The molecule has 1 aliphatic rings. The molecule has 0 saturated carbocycles. The van der Waals surface area contributed by atoms with Gasteiger partial charge in [-0.25, -0.2) is 0 Å². The van der Waals surface area contributed by atoms with Gasteiger partial charge in [0.05, 0.1) is 13.2 Å². The van der Waals surface area contributed by atoms with Crippen LogP contribution >= 0.6 is 0 Å². The lowest BCUT2D eigenvalue weighted by Gasteiger charge is -2.40. The molecule has 0 radical (unpaired) electrons. The fourth-order valence-electron chi connectivity index (χ4n) is 2.58. The van der Waals surface area contributed by atoms with Crippen LogP contribution in [0.25, 0.3) is 0 Å². The van der Waals surface area contributed by atoms with E-state index in [1.54, 1.807) is 0 Å². The van der Waals surface area contributed by atoms with Crippen LogP contribution in [0, 0.1) is 0 Å². The zero-order chi connectivity index (χ0) is 12.9. The molecule has 0 spiro atoms. The number of nitrogens with one attached hydrogen (secondary N) is 1. The van der Waals surface area contributed by atoms with Gasteiger partial charge in [-0.05, 0) is 26.7 Å². The number of esters is 1. The third-order valence-electron chi connectivity index (χ3n) is 3.21. The average molecular weight is 243 g/mol. The summed E-state index contributed by atoms with van der Waals surface area (Å²) in [6.07, 6.45) is 3.64. The average Bonchev–Trinajstić information content (AvgIpc) is 2.28. The maximum absolute atomic E-state index is 12.0. The third kappa shape index (κ3) is 3.68. The molecule has 1 heterocycles. The van der Waals surface area contributed by atoms with E-state index in [1.807, 2.05) is 0 Å². The Morgan fingerprint density at radius 1 is 1.59 bits per heavy atom. The summed E-state index contributed by atoms with van der Waals surface area (Å²) in [5, 5.41) is 3.38. The minimum atomic E-state index is -0.555. The molecule has 4 heteroatoms. The molecule has 1 fully saturated rings. The van der Waals surface area contributed by atoms with Crippen LogP contribution in [0.5, 0.6) is 0 Å². The van der Waals surface area contributed by atoms with Crippen molar-refractivity contribution in [2.45, 2.75) is 64.1 Å². The summed E-state index contributed by atoms with van der Waals surface area (Å²) in [6, 6.07) is 0.259. The van der Waals surface area contributed by atoms with Gasteiger partial charge in [0.15, 0.2) is 0 Å². The predicted octanol–water partition coefficient (Wildman–Crippen LogP) is 1.88. The molecule has 1 saturated heterocycles. The molecule has 1 rings (SSSR count). The Labute approximate surface area is 104 Å². The first-order valence-corrected chi connectivity index (χ1v) is 6.51. The van der Waals surface area contributed by atoms with Gasteiger partial charge in [-0.1, -0.05) is 13.3 Å². The Kier molecular flexibility index (Phi) is 5.40. The van der Waals surface area contributed by atoms with Gasteiger partial charge >= 0.3 is 5.97 Å². The largest absolute Gasteiger partial charge is 0.468 e. The van der Waals surface area contributed by atoms with Crippen LogP contribution < -0.4 is 5.32 Å². The van der Waals surface area contributed by atoms with E-state index in [0.717, 1.165) is 12.8 Å². The molecule has 0 amide bonds. The Bertz CT molecular complexity index is 253. The number of rotatable bonds is 5. The number of hydrogen-bond donors (Lipinski definition) is 1. The Morgan fingerprint density at radius 3 is 2.82 bits per heavy atom. The minimum absolute atomic E-state index is 0.157. The Hall–Kier alpha value is -0.610. The molecule has 2 unspecified atom stereocenters.